The fourth-order valence-corrected chi connectivity index (χ4v) is 1.36. The van der Waals surface area contributed by atoms with E-state index in [2.05, 4.69) is 15.6 Å². The lowest BCUT2D eigenvalue weighted by atomic mass is 10.3. The van der Waals surface area contributed by atoms with Gasteiger partial charge in [0.2, 0.25) is 0 Å². The van der Waals surface area contributed by atoms with Crippen molar-refractivity contribution in [1.82, 2.24) is 5.59 Å². The van der Waals surface area contributed by atoms with Crippen molar-refractivity contribution in [2.75, 3.05) is 12.1 Å². The summed E-state index contributed by atoms with van der Waals surface area (Å²) in [5, 5.41) is 3.87. The third-order valence-electron chi connectivity index (χ3n) is 2.19. The molecule has 0 saturated carbocycles. The second-order valence-electron chi connectivity index (χ2n) is 3.13. The third-order valence-corrected chi connectivity index (χ3v) is 2.19. The van der Waals surface area contributed by atoms with Crippen LogP contribution in [0.2, 0.25) is 0 Å². The molecule has 2 rings (SSSR count). The molecule has 0 atom stereocenters. The van der Waals surface area contributed by atoms with Crippen LogP contribution in [0.4, 0.5) is 5.69 Å². The Labute approximate surface area is 96.5 Å². The molecule has 1 aromatic carbocycles. The average molecular weight is 235 g/mol. The van der Waals surface area contributed by atoms with E-state index in [4.69, 9.17) is 4.74 Å². The molecular formula is C10H9N3O4. The monoisotopic (exact) mass is 235 g/mol. The summed E-state index contributed by atoms with van der Waals surface area (Å²) in [5.41, 5.74) is 3.01. The summed E-state index contributed by atoms with van der Waals surface area (Å²) in [6, 6.07) is 6.83. The highest BCUT2D eigenvalue weighted by molar-refractivity contribution is 5.94. The zero-order valence-electron chi connectivity index (χ0n) is 8.91. The maximum Gasteiger partial charge on any atom is 0.378 e. The fraction of sp³-hybridized carbons (Fsp3) is 0.100. The summed E-state index contributed by atoms with van der Waals surface area (Å²) in [6.07, 6.45) is 0.882. The number of nitrogens with one attached hydrogen (secondary N) is 1. The predicted molar refractivity (Wildman–Crippen MR) is 58.6 cm³/mol. The summed E-state index contributed by atoms with van der Waals surface area (Å²) in [5.74, 6) is 0.0136. The molecule has 1 saturated heterocycles. The lowest BCUT2D eigenvalue weighted by Gasteiger charge is -2.14. The van der Waals surface area contributed by atoms with E-state index in [0.29, 0.717) is 11.4 Å². The van der Waals surface area contributed by atoms with Crippen LogP contribution in [0.25, 0.3) is 0 Å². The van der Waals surface area contributed by atoms with Gasteiger partial charge in [-0.1, -0.05) is 5.59 Å². The number of hydrogen-bond acceptors (Lipinski definition) is 7. The van der Waals surface area contributed by atoms with Crippen molar-refractivity contribution in [3.05, 3.63) is 41.1 Å². The standard InChI is InChI=1S/C10H9N3O4/c1-16-8-4-2-7(3-5-8)13-9(6-11-15)10(14)17-12-13/h2-6,12H,1H3. The lowest BCUT2D eigenvalue weighted by molar-refractivity contribution is -0.140. The largest absolute Gasteiger partial charge is 0.497 e. The molecule has 0 amide bonds. The Morgan fingerprint density at radius 3 is 2.71 bits per heavy atom. The molecule has 0 bridgehead atoms. The van der Waals surface area contributed by atoms with E-state index in [0.717, 1.165) is 6.20 Å². The van der Waals surface area contributed by atoms with Gasteiger partial charge in [0.25, 0.3) is 0 Å². The van der Waals surface area contributed by atoms with Crippen molar-refractivity contribution in [2.24, 2.45) is 5.18 Å². The number of ether oxygens (including phenoxy) is 1. The van der Waals surface area contributed by atoms with Crippen LogP contribution in [0.15, 0.2) is 41.3 Å². The molecule has 17 heavy (non-hydrogen) atoms. The minimum Gasteiger partial charge on any atom is -0.497 e. The molecule has 0 aliphatic carbocycles. The van der Waals surface area contributed by atoms with Crippen molar-refractivity contribution < 1.29 is 14.4 Å². The summed E-state index contributed by atoms with van der Waals surface area (Å²) in [7, 11) is 1.55. The van der Waals surface area contributed by atoms with E-state index < -0.39 is 5.97 Å². The number of nitrogens with zero attached hydrogens (tertiary/aromatic N) is 2. The van der Waals surface area contributed by atoms with Gasteiger partial charge in [-0.2, -0.15) is 0 Å². The van der Waals surface area contributed by atoms with Crippen molar-refractivity contribution in [1.29, 1.82) is 0 Å². The lowest BCUT2D eigenvalue weighted by Crippen LogP contribution is -2.28. The van der Waals surface area contributed by atoms with Gasteiger partial charge in [-0.3, -0.25) is 0 Å². The number of carbonyl (C=O) groups is 1. The summed E-state index contributed by atoms with van der Waals surface area (Å²) in [6.45, 7) is 0. The van der Waals surface area contributed by atoms with Gasteiger partial charge in [0, 0.05) is 0 Å². The molecule has 1 fully saturated rings. The van der Waals surface area contributed by atoms with Crippen molar-refractivity contribution >= 4 is 11.7 Å². The topological polar surface area (TPSA) is 80.2 Å². The maximum atomic E-state index is 11.3. The number of methoxy groups -OCH3 is 1. The first-order valence-electron chi connectivity index (χ1n) is 4.70. The SMILES string of the molecule is COc1ccc(N2NOC(=O)C2=CN=O)cc1. The predicted octanol–water partition coefficient (Wildman–Crippen LogP) is 1.09. The molecule has 0 spiro atoms. The van der Waals surface area contributed by atoms with Crippen LogP contribution in [0.1, 0.15) is 0 Å². The Morgan fingerprint density at radius 2 is 2.12 bits per heavy atom. The first kappa shape index (κ1) is 11.1. The summed E-state index contributed by atoms with van der Waals surface area (Å²) >= 11 is 0. The van der Waals surface area contributed by atoms with Crippen molar-refractivity contribution in [3.8, 4) is 5.75 Å². The van der Waals surface area contributed by atoms with E-state index in [1.165, 1.54) is 5.01 Å². The average Bonchev–Trinajstić information content (AvgIpc) is 2.72. The number of benzene rings is 1. The number of anilines is 1. The van der Waals surface area contributed by atoms with Gasteiger partial charge in [0.05, 0.1) is 12.8 Å². The second-order valence-corrected chi connectivity index (χ2v) is 3.13. The zero-order valence-corrected chi connectivity index (χ0v) is 8.91. The number of hydrazine groups is 1. The fourth-order valence-electron chi connectivity index (χ4n) is 1.36. The van der Waals surface area contributed by atoms with E-state index in [9.17, 15) is 9.70 Å². The molecule has 1 aliphatic rings. The zero-order chi connectivity index (χ0) is 12.3. The van der Waals surface area contributed by atoms with E-state index in [1.807, 2.05) is 0 Å². The smallest absolute Gasteiger partial charge is 0.378 e. The number of carbonyl (C=O) groups excluding carboxylic acids is 1. The van der Waals surface area contributed by atoms with Crippen LogP contribution in [0.5, 0.6) is 5.75 Å². The van der Waals surface area contributed by atoms with Crippen LogP contribution >= 0.6 is 0 Å². The van der Waals surface area contributed by atoms with Gasteiger partial charge in [0.1, 0.15) is 11.9 Å². The molecule has 7 nitrogen and oxygen atoms in total. The second kappa shape index (κ2) is 4.62. The van der Waals surface area contributed by atoms with Crippen molar-refractivity contribution in [3.63, 3.8) is 0 Å². The molecule has 0 unspecified atom stereocenters. The Morgan fingerprint density at radius 1 is 1.41 bits per heavy atom. The van der Waals surface area contributed by atoms with Gasteiger partial charge in [-0.15, -0.1) is 4.91 Å². The molecule has 0 radical (unpaired) electrons. The Bertz CT molecular complexity index is 469. The molecule has 1 N–H and O–H groups in total. The number of nitroso groups, excluding NO2 is 1. The number of rotatable bonds is 3. The van der Waals surface area contributed by atoms with Crippen LogP contribution < -0.4 is 15.3 Å². The summed E-state index contributed by atoms with van der Waals surface area (Å²) < 4.78 is 5.01. The Hall–Kier alpha value is -2.41. The van der Waals surface area contributed by atoms with E-state index in [-0.39, 0.29) is 5.70 Å². The minimum absolute atomic E-state index is 0.0187. The third kappa shape index (κ3) is 2.08. The summed E-state index contributed by atoms with van der Waals surface area (Å²) in [4.78, 5) is 26.0. The normalized spacial score (nSPS) is 17.1. The molecule has 1 aliphatic heterocycles. The van der Waals surface area contributed by atoms with Crippen LogP contribution in [-0.4, -0.2) is 13.1 Å². The van der Waals surface area contributed by atoms with Gasteiger partial charge < -0.3 is 9.57 Å². The first-order chi connectivity index (χ1) is 8.26. The molecule has 1 heterocycles. The minimum atomic E-state index is -0.666. The van der Waals surface area contributed by atoms with Crippen molar-refractivity contribution in [2.45, 2.75) is 0 Å². The van der Waals surface area contributed by atoms with Gasteiger partial charge >= 0.3 is 5.97 Å². The van der Waals surface area contributed by atoms with Crippen LogP contribution in [-0.2, 0) is 9.63 Å². The van der Waals surface area contributed by atoms with Crippen LogP contribution in [0.3, 0.4) is 0 Å². The van der Waals surface area contributed by atoms with Crippen LogP contribution in [0, 0.1) is 4.91 Å². The Balaban J connectivity index is 2.29. The maximum absolute atomic E-state index is 11.3. The highest BCUT2D eigenvalue weighted by Crippen LogP contribution is 2.24. The molecule has 7 heteroatoms. The van der Waals surface area contributed by atoms with E-state index in [1.54, 1.807) is 31.4 Å². The van der Waals surface area contributed by atoms with Gasteiger partial charge in [0.15, 0.2) is 5.70 Å². The van der Waals surface area contributed by atoms with Gasteiger partial charge in [-0.05, 0) is 29.4 Å². The van der Waals surface area contributed by atoms with E-state index >= 15 is 0 Å². The molecule has 88 valence electrons. The molecular weight excluding hydrogens is 226 g/mol. The van der Waals surface area contributed by atoms with Gasteiger partial charge in [-0.25, -0.2) is 9.80 Å². The highest BCUT2D eigenvalue weighted by Gasteiger charge is 2.29. The number of hydrogen-bond donors (Lipinski definition) is 1. The molecule has 0 aromatic heterocycles. The highest BCUT2D eigenvalue weighted by atomic mass is 16.7. The Kier molecular flexibility index (Phi) is 3.01. The molecule has 1 aromatic rings. The quantitative estimate of drug-likeness (QED) is 0.623. The first-order valence-corrected chi connectivity index (χ1v) is 4.70.